The summed E-state index contributed by atoms with van der Waals surface area (Å²) in [6, 6.07) is 7.91. The van der Waals surface area contributed by atoms with Crippen molar-refractivity contribution >= 4 is 31.3 Å². The molecule has 0 aliphatic carbocycles. The molecule has 0 bridgehead atoms. The van der Waals surface area contributed by atoms with E-state index >= 15 is 0 Å². The summed E-state index contributed by atoms with van der Waals surface area (Å²) in [6.07, 6.45) is 4.12. The third kappa shape index (κ3) is 4.10. The molecule has 0 unspecified atom stereocenters. The van der Waals surface area contributed by atoms with Crippen molar-refractivity contribution in [3.05, 3.63) is 53.3 Å². The second-order valence-corrected chi connectivity index (χ2v) is 6.96. The standard InChI is InChI=1S/C13H11Cl2NO3S/c14-12-9-11(20(15,17)18)1-2-13(12)19-8-5-10-3-6-16-7-4-10/h1-4,6-7,9H,5,8H2. The zero-order valence-corrected chi connectivity index (χ0v) is 12.6. The van der Waals surface area contributed by atoms with Crippen molar-refractivity contribution in [1.82, 2.24) is 4.98 Å². The van der Waals surface area contributed by atoms with E-state index in [4.69, 9.17) is 27.0 Å². The van der Waals surface area contributed by atoms with Gasteiger partial charge in [-0.15, -0.1) is 0 Å². The van der Waals surface area contributed by atoms with Crippen molar-refractivity contribution in [1.29, 1.82) is 0 Å². The first-order valence-corrected chi connectivity index (χ1v) is 8.41. The van der Waals surface area contributed by atoms with E-state index in [0.717, 1.165) is 5.56 Å². The lowest BCUT2D eigenvalue weighted by atomic mass is 10.2. The van der Waals surface area contributed by atoms with Crippen LogP contribution in [0, 0.1) is 0 Å². The molecule has 2 rings (SSSR count). The summed E-state index contributed by atoms with van der Waals surface area (Å²) in [4.78, 5) is 3.88. The lowest BCUT2D eigenvalue weighted by Crippen LogP contribution is -2.02. The summed E-state index contributed by atoms with van der Waals surface area (Å²) < 4.78 is 27.8. The minimum absolute atomic E-state index is 0.0503. The Labute approximate surface area is 126 Å². The molecule has 0 atom stereocenters. The molecule has 0 saturated heterocycles. The van der Waals surface area contributed by atoms with Crippen molar-refractivity contribution in [2.75, 3.05) is 6.61 Å². The number of benzene rings is 1. The number of aromatic nitrogens is 1. The van der Waals surface area contributed by atoms with Gasteiger partial charge in [0.1, 0.15) is 5.75 Å². The van der Waals surface area contributed by atoms with Crippen molar-refractivity contribution in [2.45, 2.75) is 11.3 Å². The predicted octanol–water partition coefficient (Wildman–Crippen LogP) is 3.28. The molecule has 7 heteroatoms. The van der Waals surface area contributed by atoms with Crippen LogP contribution in [0.15, 0.2) is 47.6 Å². The Morgan fingerprint density at radius 2 is 1.85 bits per heavy atom. The van der Waals surface area contributed by atoms with Gasteiger partial charge in [0.05, 0.1) is 16.5 Å². The topological polar surface area (TPSA) is 56.3 Å². The summed E-state index contributed by atoms with van der Waals surface area (Å²) in [6.45, 7) is 0.427. The summed E-state index contributed by atoms with van der Waals surface area (Å²) in [5.41, 5.74) is 1.09. The van der Waals surface area contributed by atoms with Crippen molar-refractivity contribution < 1.29 is 13.2 Å². The van der Waals surface area contributed by atoms with Crippen LogP contribution in [0.3, 0.4) is 0 Å². The molecule has 0 saturated carbocycles. The molecule has 106 valence electrons. The van der Waals surface area contributed by atoms with Gasteiger partial charge in [-0.3, -0.25) is 4.98 Å². The van der Waals surface area contributed by atoms with Gasteiger partial charge < -0.3 is 4.74 Å². The van der Waals surface area contributed by atoms with Crippen LogP contribution in [0.5, 0.6) is 5.75 Å². The van der Waals surface area contributed by atoms with Crippen LogP contribution in [-0.2, 0) is 15.5 Å². The van der Waals surface area contributed by atoms with E-state index in [1.807, 2.05) is 12.1 Å². The Bertz CT molecular complexity index is 690. The van der Waals surface area contributed by atoms with E-state index in [0.29, 0.717) is 18.8 Å². The van der Waals surface area contributed by atoms with Gasteiger partial charge in [-0.2, -0.15) is 0 Å². The van der Waals surface area contributed by atoms with Crippen LogP contribution in [0.2, 0.25) is 5.02 Å². The quantitative estimate of drug-likeness (QED) is 0.789. The SMILES string of the molecule is O=S(=O)(Cl)c1ccc(OCCc2ccncc2)c(Cl)c1. The lowest BCUT2D eigenvalue weighted by Gasteiger charge is -2.08. The summed E-state index contributed by atoms with van der Waals surface area (Å²) in [5, 5.41) is 0.210. The van der Waals surface area contributed by atoms with Crippen LogP contribution >= 0.6 is 22.3 Å². The molecular formula is C13H11Cl2NO3S. The van der Waals surface area contributed by atoms with Gasteiger partial charge in [-0.25, -0.2) is 8.42 Å². The second-order valence-electron chi connectivity index (χ2n) is 3.98. The van der Waals surface area contributed by atoms with E-state index in [9.17, 15) is 8.42 Å². The fraction of sp³-hybridized carbons (Fsp3) is 0.154. The minimum Gasteiger partial charge on any atom is -0.492 e. The van der Waals surface area contributed by atoms with Gasteiger partial charge in [0.2, 0.25) is 0 Å². The normalized spacial score (nSPS) is 11.3. The van der Waals surface area contributed by atoms with E-state index < -0.39 is 9.05 Å². The Balaban J connectivity index is 2.00. The first-order chi connectivity index (χ1) is 9.47. The van der Waals surface area contributed by atoms with E-state index in [1.165, 1.54) is 18.2 Å². The monoisotopic (exact) mass is 331 g/mol. The van der Waals surface area contributed by atoms with Crippen LogP contribution in [0.4, 0.5) is 0 Å². The van der Waals surface area contributed by atoms with Gasteiger partial charge in [0, 0.05) is 29.5 Å². The molecule has 0 N–H and O–H groups in total. The molecule has 1 heterocycles. The molecule has 2 aromatic rings. The minimum atomic E-state index is -3.78. The van der Waals surface area contributed by atoms with E-state index in [-0.39, 0.29) is 9.92 Å². The van der Waals surface area contributed by atoms with Crippen molar-refractivity contribution in [3.63, 3.8) is 0 Å². The van der Waals surface area contributed by atoms with Crippen LogP contribution in [-0.4, -0.2) is 20.0 Å². The summed E-state index contributed by atoms with van der Waals surface area (Å²) >= 11 is 5.96. The summed E-state index contributed by atoms with van der Waals surface area (Å²) in [7, 11) is 1.45. The number of rotatable bonds is 5. The molecule has 0 amide bonds. The highest BCUT2D eigenvalue weighted by Crippen LogP contribution is 2.28. The van der Waals surface area contributed by atoms with Crippen LogP contribution in [0.25, 0.3) is 0 Å². The number of ether oxygens (including phenoxy) is 1. The molecule has 0 fully saturated rings. The second kappa shape index (κ2) is 6.43. The smallest absolute Gasteiger partial charge is 0.261 e. The Morgan fingerprint density at radius 3 is 2.45 bits per heavy atom. The molecule has 20 heavy (non-hydrogen) atoms. The molecule has 4 nitrogen and oxygen atoms in total. The van der Waals surface area contributed by atoms with E-state index in [2.05, 4.69) is 4.98 Å². The Kier molecular flexibility index (Phi) is 4.86. The van der Waals surface area contributed by atoms with Gasteiger partial charge >= 0.3 is 0 Å². The van der Waals surface area contributed by atoms with Crippen LogP contribution in [0.1, 0.15) is 5.56 Å². The predicted molar refractivity (Wildman–Crippen MR) is 77.9 cm³/mol. The average molecular weight is 332 g/mol. The summed E-state index contributed by atoms with van der Waals surface area (Å²) in [5.74, 6) is 0.421. The molecule has 1 aromatic heterocycles. The molecule has 0 aliphatic rings. The van der Waals surface area contributed by atoms with Crippen molar-refractivity contribution in [2.24, 2.45) is 0 Å². The van der Waals surface area contributed by atoms with Gasteiger partial charge in [0.15, 0.2) is 0 Å². The third-order valence-electron chi connectivity index (χ3n) is 2.58. The maximum Gasteiger partial charge on any atom is 0.261 e. The zero-order chi connectivity index (χ0) is 14.6. The molecule has 0 aliphatic heterocycles. The number of pyridine rings is 1. The average Bonchev–Trinajstić information content (AvgIpc) is 2.40. The number of hydrogen-bond donors (Lipinski definition) is 0. The maximum atomic E-state index is 11.2. The molecular weight excluding hydrogens is 321 g/mol. The third-order valence-corrected chi connectivity index (χ3v) is 4.23. The van der Waals surface area contributed by atoms with Gasteiger partial charge in [-0.1, -0.05) is 11.6 Å². The number of hydrogen-bond acceptors (Lipinski definition) is 4. The maximum absolute atomic E-state index is 11.2. The molecule has 0 radical (unpaired) electrons. The lowest BCUT2D eigenvalue weighted by molar-refractivity contribution is 0.322. The van der Waals surface area contributed by atoms with Crippen LogP contribution < -0.4 is 4.74 Å². The highest BCUT2D eigenvalue weighted by Gasteiger charge is 2.12. The first-order valence-electron chi connectivity index (χ1n) is 5.73. The highest BCUT2D eigenvalue weighted by atomic mass is 35.7. The fourth-order valence-corrected chi connectivity index (χ4v) is 2.66. The number of nitrogens with zero attached hydrogens (tertiary/aromatic N) is 1. The van der Waals surface area contributed by atoms with Gasteiger partial charge in [0.25, 0.3) is 9.05 Å². The van der Waals surface area contributed by atoms with E-state index in [1.54, 1.807) is 12.4 Å². The largest absolute Gasteiger partial charge is 0.492 e. The Hall–Kier alpha value is -1.30. The Morgan fingerprint density at radius 1 is 1.15 bits per heavy atom. The zero-order valence-electron chi connectivity index (χ0n) is 10.3. The molecule has 1 aromatic carbocycles. The molecule has 0 spiro atoms. The highest BCUT2D eigenvalue weighted by molar-refractivity contribution is 8.13. The first kappa shape index (κ1) is 15.1. The fourth-order valence-electron chi connectivity index (χ4n) is 1.58. The van der Waals surface area contributed by atoms with Crippen molar-refractivity contribution in [3.8, 4) is 5.75 Å². The number of halogens is 2. The van der Waals surface area contributed by atoms with Gasteiger partial charge in [-0.05, 0) is 35.9 Å².